The zero-order valence-electron chi connectivity index (χ0n) is 11.6. The van der Waals surface area contributed by atoms with Crippen LogP contribution in [0.25, 0.3) is 0 Å². The Hall–Kier alpha value is -1.12. The van der Waals surface area contributed by atoms with Crippen LogP contribution in [0.5, 0.6) is 0 Å². The monoisotopic (exact) mass is 299 g/mol. The van der Waals surface area contributed by atoms with E-state index < -0.39 is 6.10 Å². The number of nitrogens with zero attached hydrogens (tertiary/aromatic N) is 4. The summed E-state index contributed by atoms with van der Waals surface area (Å²) in [5, 5.41) is 21.9. The molecule has 3 N–H and O–H groups in total. The Morgan fingerprint density at radius 2 is 2.05 bits per heavy atom. The topological polar surface area (TPSA) is 94.4 Å². The van der Waals surface area contributed by atoms with Crippen LogP contribution in [0.2, 0.25) is 0 Å². The molecule has 0 amide bonds. The number of thioether (sulfide) groups is 1. The largest absolute Gasteiger partial charge is 0.394 e. The molecule has 0 bridgehead atoms. The van der Waals surface area contributed by atoms with Gasteiger partial charge in [-0.2, -0.15) is 15.0 Å². The molecule has 8 heteroatoms. The predicted octanol–water partition coefficient (Wildman–Crippen LogP) is 0.349. The first-order chi connectivity index (χ1) is 9.72. The molecule has 0 aromatic carbocycles. The van der Waals surface area contributed by atoms with Gasteiger partial charge in [-0.1, -0.05) is 11.8 Å². The highest BCUT2D eigenvalue weighted by molar-refractivity contribution is 7.99. The molecule has 20 heavy (non-hydrogen) atoms. The van der Waals surface area contributed by atoms with Gasteiger partial charge in [0.05, 0.1) is 12.7 Å². The van der Waals surface area contributed by atoms with E-state index in [1.807, 2.05) is 6.92 Å². The second kappa shape index (κ2) is 7.61. The van der Waals surface area contributed by atoms with Crippen molar-refractivity contribution in [2.24, 2.45) is 0 Å². The van der Waals surface area contributed by atoms with Crippen LogP contribution < -0.4 is 10.2 Å². The highest BCUT2D eigenvalue weighted by Crippen LogP contribution is 2.21. The molecule has 1 aromatic rings. The maximum Gasteiger partial charge on any atom is 0.231 e. The number of hydrogen-bond acceptors (Lipinski definition) is 8. The Morgan fingerprint density at radius 1 is 1.30 bits per heavy atom. The normalized spacial score (nSPS) is 16.4. The molecule has 1 aliphatic heterocycles. The van der Waals surface area contributed by atoms with Crippen LogP contribution in [0, 0.1) is 0 Å². The molecule has 1 fully saturated rings. The third kappa shape index (κ3) is 4.19. The maximum atomic E-state index is 9.40. The molecule has 0 aliphatic carbocycles. The molecule has 1 saturated heterocycles. The van der Waals surface area contributed by atoms with Gasteiger partial charge in [0.15, 0.2) is 5.16 Å². The van der Waals surface area contributed by atoms with Crippen LogP contribution in [0.4, 0.5) is 11.9 Å². The molecule has 7 nitrogen and oxygen atoms in total. The van der Waals surface area contributed by atoms with E-state index in [-0.39, 0.29) is 6.61 Å². The van der Waals surface area contributed by atoms with Crippen molar-refractivity contribution in [3.05, 3.63) is 0 Å². The van der Waals surface area contributed by atoms with Crippen molar-refractivity contribution in [1.82, 2.24) is 15.0 Å². The van der Waals surface area contributed by atoms with Crippen LogP contribution in [0.1, 0.15) is 19.8 Å². The average Bonchev–Trinajstić information content (AvgIpc) is 2.99. The van der Waals surface area contributed by atoms with Crippen molar-refractivity contribution < 1.29 is 10.2 Å². The van der Waals surface area contributed by atoms with E-state index in [0.29, 0.717) is 22.8 Å². The predicted molar refractivity (Wildman–Crippen MR) is 79.3 cm³/mol. The summed E-state index contributed by atoms with van der Waals surface area (Å²) in [6.07, 6.45) is 1.57. The molecule has 0 radical (unpaired) electrons. The molecule has 1 atom stereocenters. The smallest absolute Gasteiger partial charge is 0.231 e. The van der Waals surface area contributed by atoms with E-state index in [1.165, 1.54) is 11.8 Å². The van der Waals surface area contributed by atoms with Gasteiger partial charge in [0.2, 0.25) is 11.9 Å². The van der Waals surface area contributed by atoms with Gasteiger partial charge in [0, 0.05) is 25.4 Å². The molecule has 112 valence electrons. The van der Waals surface area contributed by atoms with Gasteiger partial charge >= 0.3 is 0 Å². The van der Waals surface area contributed by atoms with Crippen LogP contribution >= 0.6 is 11.8 Å². The highest BCUT2D eigenvalue weighted by atomic mass is 32.2. The fourth-order valence-electron chi connectivity index (χ4n) is 1.93. The molecule has 2 rings (SSSR count). The third-order valence-corrected chi connectivity index (χ3v) is 3.93. The molecule has 0 spiro atoms. The summed E-state index contributed by atoms with van der Waals surface area (Å²) in [5.41, 5.74) is 0. The molecule has 1 aromatic heterocycles. The molecule has 0 saturated carbocycles. The van der Waals surface area contributed by atoms with E-state index in [0.717, 1.165) is 32.5 Å². The van der Waals surface area contributed by atoms with E-state index in [4.69, 9.17) is 5.11 Å². The number of rotatable bonds is 7. The Balaban J connectivity index is 2.12. The standard InChI is InChI=1S/C12H21N5O2S/c1-2-13-10-14-11(17-5-3-4-6-17)16-12(15-10)20-8-9(19)7-18/h9,18-19H,2-8H2,1H3,(H,13,14,15,16). The van der Waals surface area contributed by atoms with Gasteiger partial charge in [0.25, 0.3) is 0 Å². The average molecular weight is 299 g/mol. The minimum Gasteiger partial charge on any atom is -0.394 e. The highest BCUT2D eigenvalue weighted by Gasteiger charge is 2.17. The first-order valence-corrected chi connectivity index (χ1v) is 7.88. The van der Waals surface area contributed by atoms with E-state index in [9.17, 15) is 5.11 Å². The van der Waals surface area contributed by atoms with Crippen molar-refractivity contribution >= 4 is 23.7 Å². The van der Waals surface area contributed by atoms with Crippen molar-refractivity contribution in [3.63, 3.8) is 0 Å². The second-order valence-electron chi connectivity index (χ2n) is 4.61. The fourth-order valence-corrected chi connectivity index (χ4v) is 2.67. The molecule has 1 aliphatic rings. The van der Waals surface area contributed by atoms with Crippen molar-refractivity contribution in [3.8, 4) is 0 Å². The summed E-state index contributed by atoms with van der Waals surface area (Å²) in [6.45, 7) is 4.42. The van der Waals surface area contributed by atoms with E-state index in [2.05, 4.69) is 25.2 Å². The number of nitrogens with one attached hydrogen (secondary N) is 1. The first kappa shape index (κ1) is 15.3. The zero-order valence-corrected chi connectivity index (χ0v) is 12.4. The Bertz CT molecular complexity index is 428. The van der Waals surface area contributed by atoms with Gasteiger partial charge in [-0.15, -0.1) is 0 Å². The second-order valence-corrected chi connectivity index (χ2v) is 5.60. The minimum absolute atomic E-state index is 0.253. The lowest BCUT2D eigenvalue weighted by Crippen LogP contribution is -2.22. The number of aliphatic hydroxyl groups is 2. The van der Waals surface area contributed by atoms with Crippen LogP contribution in [-0.4, -0.2) is 63.3 Å². The summed E-state index contributed by atoms with van der Waals surface area (Å²) >= 11 is 1.33. The van der Waals surface area contributed by atoms with Crippen molar-refractivity contribution in [1.29, 1.82) is 0 Å². The Labute approximate surface area is 122 Å². The van der Waals surface area contributed by atoms with E-state index >= 15 is 0 Å². The summed E-state index contributed by atoms with van der Waals surface area (Å²) in [5.74, 6) is 1.62. The van der Waals surface area contributed by atoms with Gasteiger partial charge in [-0.3, -0.25) is 0 Å². The zero-order chi connectivity index (χ0) is 14.4. The maximum absolute atomic E-state index is 9.40. The summed E-state index contributed by atoms with van der Waals surface area (Å²) in [7, 11) is 0. The molecular formula is C12H21N5O2S. The molecule has 2 heterocycles. The lowest BCUT2D eigenvalue weighted by atomic mass is 10.4. The minimum atomic E-state index is -0.755. The summed E-state index contributed by atoms with van der Waals surface area (Å²) < 4.78 is 0. The number of anilines is 2. The molecular weight excluding hydrogens is 278 g/mol. The van der Waals surface area contributed by atoms with Gasteiger partial charge in [-0.25, -0.2) is 0 Å². The first-order valence-electron chi connectivity index (χ1n) is 6.89. The summed E-state index contributed by atoms with van der Waals surface area (Å²) in [6, 6.07) is 0. The summed E-state index contributed by atoms with van der Waals surface area (Å²) in [4.78, 5) is 15.3. The van der Waals surface area contributed by atoms with Crippen molar-refractivity contribution in [2.45, 2.75) is 31.0 Å². The van der Waals surface area contributed by atoms with Gasteiger partial charge < -0.3 is 20.4 Å². The van der Waals surface area contributed by atoms with Gasteiger partial charge in [-0.05, 0) is 19.8 Å². The lowest BCUT2D eigenvalue weighted by Gasteiger charge is -2.16. The molecule has 1 unspecified atom stereocenters. The van der Waals surface area contributed by atoms with E-state index in [1.54, 1.807) is 0 Å². The Kier molecular flexibility index (Phi) is 5.81. The SMILES string of the molecule is CCNc1nc(SCC(O)CO)nc(N2CCCC2)n1. The quantitative estimate of drug-likeness (QED) is 0.621. The van der Waals surface area contributed by atoms with Crippen molar-refractivity contribution in [2.75, 3.05) is 42.2 Å². The number of aromatic nitrogens is 3. The fraction of sp³-hybridized carbons (Fsp3) is 0.750. The third-order valence-electron chi connectivity index (χ3n) is 2.94. The van der Waals surface area contributed by atoms with Gasteiger partial charge in [0.1, 0.15) is 0 Å². The van der Waals surface area contributed by atoms with Crippen LogP contribution in [0.3, 0.4) is 0 Å². The number of aliphatic hydroxyl groups excluding tert-OH is 2. The lowest BCUT2D eigenvalue weighted by molar-refractivity contribution is 0.113. The Morgan fingerprint density at radius 3 is 2.70 bits per heavy atom. The van der Waals surface area contributed by atoms with Crippen LogP contribution in [-0.2, 0) is 0 Å². The number of hydrogen-bond donors (Lipinski definition) is 3. The van der Waals surface area contributed by atoms with Crippen LogP contribution in [0.15, 0.2) is 5.16 Å².